The lowest BCUT2D eigenvalue weighted by molar-refractivity contribution is 0.0757. The van der Waals surface area contributed by atoms with Gasteiger partial charge in [0.2, 0.25) is 0 Å². The summed E-state index contributed by atoms with van der Waals surface area (Å²) >= 11 is 0. The molecule has 1 fully saturated rings. The van der Waals surface area contributed by atoms with Gasteiger partial charge >= 0.3 is 0 Å². The zero-order valence-corrected chi connectivity index (χ0v) is 20.3. The number of carbonyl (C=O) groups is 2. The lowest BCUT2D eigenvalue weighted by Crippen LogP contribution is -2.46. The van der Waals surface area contributed by atoms with Gasteiger partial charge in [-0.1, -0.05) is 13.0 Å². The topological polar surface area (TPSA) is 83.6 Å². The molecule has 0 saturated carbocycles. The summed E-state index contributed by atoms with van der Waals surface area (Å²) in [7, 11) is 0. The van der Waals surface area contributed by atoms with E-state index in [0.29, 0.717) is 30.9 Å². The van der Waals surface area contributed by atoms with Crippen LogP contribution in [0.5, 0.6) is 5.75 Å². The molecule has 1 aromatic heterocycles. The Labute approximate surface area is 201 Å². The number of fused-ring (bicyclic) bond motifs is 1. The average molecular weight is 463 g/mol. The number of carbonyl (C=O) groups excluding carboxylic acids is 2. The maximum absolute atomic E-state index is 12.9. The minimum atomic E-state index is -0.393. The molecule has 3 heterocycles. The summed E-state index contributed by atoms with van der Waals surface area (Å²) in [4.78, 5) is 31.7. The van der Waals surface area contributed by atoms with Gasteiger partial charge in [-0.15, -0.1) is 0 Å². The smallest absolute Gasteiger partial charge is 0.272 e. The van der Waals surface area contributed by atoms with Crippen LogP contribution >= 0.6 is 0 Å². The van der Waals surface area contributed by atoms with E-state index in [-0.39, 0.29) is 11.8 Å². The molecule has 4 rings (SSSR count). The van der Waals surface area contributed by atoms with Crippen LogP contribution in [0.4, 0.5) is 0 Å². The van der Waals surface area contributed by atoms with E-state index in [1.54, 1.807) is 12.3 Å². The fourth-order valence-corrected chi connectivity index (χ4v) is 4.67. The molecule has 2 aromatic rings. The number of piperidine rings is 1. The van der Waals surface area contributed by atoms with Gasteiger partial charge in [-0.2, -0.15) is 0 Å². The highest BCUT2D eigenvalue weighted by molar-refractivity contribution is 5.97. The molecule has 2 amide bonds. The number of hydrogen-bond acceptors (Lipinski definition) is 5. The van der Waals surface area contributed by atoms with Crippen LogP contribution in [0, 0.1) is 0 Å². The molecule has 0 atom stereocenters. The molecule has 2 N–H and O–H groups in total. The molecule has 0 radical (unpaired) electrons. The standard InChI is InChI=1S/C27H34N4O3/c1-4-15-31(6-3)26(33)23-9-7-20(18-30-23)22-17-27(11-13-28-14-12-27)34-24-10-8-19(16-21(22)24)25(32)29-5-2/h7-10,16-18,28H,4-6,11-15H2,1-3H3,(H,29,32). The monoisotopic (exact) mass is 462 g/mol. The van der Waals surface area contributed by atoms with E-state index in [9.17, 15) is 9.59 Å². The third kappa shape index (κ3) is 4.85. The molecule has 0 aliphatic carbocycles. The first-order valence-corrected chi connectivity index (χ1v) is 12.3. The summed E-state index contributed by atoms with van der Waals surface area (Å²) in [5, 5.41) is 6.27. The Hall–Kier alpha value is -3.19. The molecule has 34 heavy (non-hydrogen) atoms. The van der Waals surface area contributed by atoms with Crippen LogP contribution in [-0.2, 0) is 0 Å². The number of amides is 2. The van der Waals surface area contributed by atoms with Crippen LogP contribution in [0.3, 0.4) is 0 Å². The fraction of sp³-hybridized carbons (Fsp3) is 0.444. The number of pyridine rings is 1. The van der Waals surface area contributed by atoms with E-state index in [0.717, 1.165) is 54.8 Å². The van der Waals surface area contributed by atoms with Crippen LogP contribution in [0.1, 0.15) is 72.0 Å². The normalized spacial score (nSPS) is 16.3. The van der Waals surface area contributed by atoms with Crippen LogP contribution < -0.4 is 15.4 Å². The van der Waals surface area contributed by atoms with Gasteiger partial charge in [-0.3, -0.25) is 14.6 Å². The molecule has 1 saturated heterocycles. The molecule has 180 valence electrons. The predicted octanol–water partition coefficient (Wildman–Crippen LogP) is 3.65. The Kier molecular flexibility index (Phi) is 7.32. The number of nitrogens with zero attached hydrogens (tertiary/aromatic N) is 2. The Balaban J connectivity index is 1.73. The zero-order valence-electron chi connectivity index (χ0n) is 20.3. The van der Waals surface area contributed by atoms with E-state index in [4.69, 9.17) is 4.74 Å². The zero-order chi connectivity index (χ0) is 24.1. The van der Waals surface area contributed by atoms with Gasteiger partial charge in [0, 0.05) is 55.4 Å². The summed E-state index contributed by atoms with van der Waals surface area (Å²) in [5.41, 5.74) is 3.41. The molecular formula is C27H34N4O3. The molecule has 0 bridgehead atoms. The minimum absolute atomic E-state index is 0.0504. The predicted molar refractivity (Wildman–Crippen MR) is 133 cm³/mol. The van der Waals surface area contributed by atoms with Crippen LogP contribution in [-0.4, -0.2) is 60.0 Å². The van der Waals surface area contributed by atoms with Crippen LogP contribution in [0.25, 0.3) is 5.57 Å². The van der Waals surface area contributed by atoms with E-state index >= 15 is 0 Å². The van der Waals surface area contributed by atoms with Crippen molar-refractivity contribution in [2.45, 2.75) is 45.6 Å². The number of hydrogen-bond donors (Lipinski definition) is 2. The molecule has 1 aromatic carbocycles. The summed E-state index contributed by atoms with van der Waals surface area (Å²) in [6, 6.07) is 9.35. The SMILES string of the molecule is CCCN(CC)C(=O)c1ccc(C2=CC3(CCNCC3)Oc3ccc(C(=O)NCC)cc32)cn1. The minimum Gasteiger partial charge on any atom is -0.482 e. The molecule has 7 nitrogen and oxygen atoms in total. The van der Waals surface area contributed by atoms with E-state index in [1.165, 1.54) is 0 Å². The van der Waals surface area contributed by atoms with Crippen molar-refractivity contribution in [3.8, 4) is 5.75 Å². The number of rotatable bonds is 7. The highest BCUT2D eigenvalue weighted by atomic mass is 16.5. The molecule has 0 unspecified atom stereocenters. The van der Waals surface area contributed by atoms with E-state index < -0.39 is 5.60 Å². The second kappa shape index (κ2) is 10.4. The highest BCUT2D eigenvalue weighted by Gasteiger charge is 2.37. The number of aromatic nitrogens is 1. The summed E-state index contributed by atoms with van der Waals surface area (Å²) in [6.45, 7) is 9.65. The fourth-order valence-electron chi connectivity index (χ4n) is 4.67. The first kappa shape index (κ1) is 24.0. The largest absolute Gasteiger partial charge is 0.482 e. The Morgan fingerprint density at radius 1 is 1.15 bits per heavy atom. The Morgan fingerprint density at radius 2 is 1.94 bits per heavy atom. The van der Waals surface area contributed by atoms with Crippen molar-refractivity contribution >= 4 is 17.4 Å². The first-order chi connectivity index (χ1) is 16.5. The average Bonchev–Trinajstić information content (AvgIpc) is 2.87. The van der Waals surface area contributed by atoms with Crippen molar-refractivity contribution < 1.29 is 14.3 Å². The van der Waals surface area contributed by atoms with E-state index in [1.807, 2.05) is 43.0 Å². The van der Waals surface area contributed by atoms with Crippen molar-refractivity contribution in [2.24, 2.45) is 0 Å². The van der Waals surface area contributed by atoms with Crippen LogP contribution in [0.15, 0.2) is 42.6 Å². The maximum Gasteiger partial charge on any atom is 0.272 e. The van der Waals surface area contributed by atoms with Gasteiger partial charge < -0.3 is 20.3 Å². The van der Waals surface area contributed by atoms with E-state index in [2.05, 4.69) is 28.6 Å². The second-order valence-corrected chi connectivity index (χ2v) is 8.86. The molecule has 7 heteroatoms. The van der Waals surface area contributed by atoms with Crippen LogP contribution in [0.2, 0.25) is 0 Å². The quantitative estimate of drug-likeness (QED) is 0.656. The first-order valence-electron chi connectivity index (χ1n) is 12.3. The highest BCUT2D eigenvalue weighted by Crippen LogP contribution is 2.42. The van der Waals surface area contributed by atoms with Gasteiger partial charge in [0.1, 0.15) is 17.0 Å². The van der Waals surface area contributed by atoms with Crippen molar-refractivity contribution in [1.29, 1.82) is 0 Å². The summed E-state index contributed by atoms with van der Waals surface area (Å²) in [6.07, 6.45) is 6.58. The van der Waals surface area contributed by atoms with Gasteiger partial charge in [0.15, 0.2) is 0 Å². The van der Waals surface area contributed by atoms with Gasteiger partial charge in [0.25, 0.3) is 11.8 Å². The Morgan fingerprint density at radius 3 is 2.59 bits per heavy atom. The summed E-state index contributed by atoms with van der Waals surface area (Å²) < 4.78 is 6.51. The number of ether oxygens (including phenoxy) is 1. The lowest BCUT2D eigenvalue weighted by atomic mass is 9.83. The van der Waals surface area contributed by atoms with Gasteiger partial charge in [-0.25, -0.2) is 0 Å². The van der Waals surface area contributed by atoms with Crippen molar-refractivity contribution in [3.63, 3.8) is 0 Å². The third-order valence-corrected chi connectivity index (χ3v) is 6.50. The molecule has 2 aliphatic rings. The lowest BCUT2D eigenvalue weighted by Gasteiger charge is -2.40. The summed E-state index contributed by atoms with van der Waals surface area (Å²) in [5.74, 6) is 0.611. The van der Waals surface area contributed by atoms with Crippen molar-refractivity contribution in [3.05, 3.63) is 65.0 Å². The second-order valence-electron chi connectivity index (χ2n) is 8.86. The molecule has 2 aliphatic heterocycles. The molecule has 1 spiro atoms. The number of benzene rings is 1. The Bertz CT molecular complexity index is 1070. The maximum atomic E-state index is 12.9. The van der Waals surface area contributed by atoms with Gasteiger partial charge in [0.05, 0.1) is 0 Å². The van der Waals surface area contributed by atoms with Crippen molar-refractivity contribution in [1.82, 2.24) is 20.5 Å². The molecular weight excluding hydrogens is 428 g/mol. The van der Waals surface area contributed by atoms with Crippen molar-refractivity contribution in [2.75, 3.05) is 32.7 Å². The van der Waals surface area contributed by atoms with Gasteiger partial charge in [-0.05, 0) is 69.3 Å². The number of nitrogens with one attached hydrogen (secondary N) is 2. The third-order valence-electron chi connectivity index (χ3n) is 6.50.